The van der Waals surface area contributed by atoms with Gasteiger partial charge in [-0.15, -0.1) is 11.3 Å². The summed E-state index contributed by atoms with van der Waals surface area (Å²) < 4.78 is 29.9. The van der Waals surface area contributed by atoms with E-state index in [0.717, 1.165) is 28.4 Å². The van der Waals surface area contributed by atoms with Crippen LogP contribution in [0, 0.1) is 13.8 Å². The molecule has 1 fully saturated rings. The van der Waals surface area contributed by atoms with Crippen LogP contribution in [0.3, 0.4) is 0 Å². The second-order valence-electron chi connectivity index (χ2n) is 11.6. The van der Waals surface area contributed by atoms with Crippen molar-refractivity contribution in [3.05, 3.63) is 74.8 Å². The molecule has 2 aromatic carbocycles. The molecule has 38 heavy (non-hydrogen) atoms. The Morgan fingerprint density at radius 1 is 0.868 bits per heavy atom. The number of piperazine rings is 1. The van der Waals surface area contributed by atoms with Crippen LogP contribution >= 0.6 is 11.3 Å². The number of hydrogen-bond donors (Lipinski definition) is 0. The predicted molar refractivity (Wildman–Crippen MR) is 161 cm³/mol. The molecule has 2 heterocycles. The summed E-state index contributed by atoms with van der Waals surface area (Å²) in [6, 6.07) is 10.7. The summed E-state index contributed by atoms with van der Waals surface area (Å²) in [6.45, 7) is 19.3. The highest BCUT2D eigenvalue weighted by Gasteiger charge is 2.34. The number of aromatic nitrogens is 1. The number of anilines is 1. The Morgan fingerprint density at radius 2 is 1.42 bits per heavy atom. The van der Waals surface area contributed by atoms with Gasteiger partial charge in [-0.25, -0.2) is 13.4 Å². The molecule has 1 aromatic heterocycles. The van der Waals surface area contributed by atoms with Gasteiger partial charge in [-0.3, -0.25) is 0 Å². The molecule has 0 amide bonds. The van der Waals surface area contributed by atoms with Crippen molar-refractivity contribution >= 4 is 26.5 Å². The maximum absolute atomic E-state index is 14.1. The minimum atomic E-state index is -3.62. The van der Waals surface area contributed by atoms with Crippen molar-refractivity contribution in [2.24, 2.45) is 0 Å². The molecule has 0 atom stereocenters. The average molecular weight is 554 g/mol. The molecule has 0 unspecified atom stereocenters. The van der Waals surface area contributed by atoms with E-state index in [4.69, 9.17) is 4.98 Å². The number of aryl methyl sites for hydroxylation is 2. The SMILES string of the molecule is Cc1cccc(C)c1Cc1csc(N2CCN(S(=O)(=O)c3c(C(C)C)cc(C(C)C)cc3C(C)C)CC2)n1. The third kappa shape index (κ3) is 5.85. The van der Waals surface area contributed by atoms with Crippen LogP contribution < -0.4 is 4.90 Å². The monoisotopic (exact) mass is 553 g/mol. The van der Waals surface area contributed by atoms with Crippen molar-refractivity contribution in [3.63, 3.8) is 0 Å². The fourth-order valence-corrected chi connectivity index (χ4v) is 8.23. The molecule has 3 aromatic rings. The first-order valence-corrected chi connectivity index (χ1v) is 16.1. The molecule has 1 aliphatic rings. The van der Waals surface area contributed by atoms with Crippen molar-refractivity contribution in [1.29, 1.82) is 0 Å². The molecule has 206 valence electrons. The van der Waals surface area contributed by atoms with Crippen LogP contribution in [0.4, 0.5) is 5.13 Å². The molecule has 1 aliphatic heterocycles. The van der Waals surface area contributed by atoms with E-state index in [1.54, 1.807) is 15.6 Å². The molecular formula is C31H43N3O2S2. The Bertz CT molecular complexity index is 1330. The fraction of sp³-hybridized carbons (Fsp3) is 0.516. The summed E-state index contributed by atoms with van der Waals surface area (Å²) in [5, 5.41) is 3.13. The zero-order chi connectivity index (χ0) is 27.8. The molecule has 0 aliphatic carbocycles. The third-order valence-electron chi connectivity index (χ3n) is 7.73. The maximum atomic E-state index is 14.1. The fourth-order valence-electron chi connectivity index (χ4n) is 5.27. The topological polar surface area (TPSA) is 53.5 Å². The van der Waals surface area contributed by atoms with Crippen LogP contribution in [0.2, 0.25) is 0 Å². The second kappa shape index (κ2) is 11.5. The number of benzene rings is 2. The van der Waals surface area contributed by atoms with Crippen molar-refractivity contribution in [2.45, 2.75) is 84.5 Å². The van der Waals surface area contributed by atoms with Gasteiger partial charge in [0.2, 0.25) is 10.0 Å². The maximum Gasteiger partial charge on any atom is 0.243 e. The zero-order valence-electron chi connectivity index (χ0n) is 24.2. The van der Waals surface area contributed by atoms with Gasteiger partial charge in [0.05, 0.1) is 10.6 Å². The van der Waals surface area contributed by atoms with Crippen LogP contribution in [0.15, 0.2) is 40.6 Å². The standard InChI is InChI=1S/C31H43N3O2S2/c1-20(2)25-16-27(21(3)4)30(28(17-25)22(5)6)38(35,36)34-14-12-33(13-15-34)31-32-26(19-37-31)18-29-23(7)10-9-11-24(29)8/h9-11,16-17,19-22H,12-15,18H2,1-8H3. The summed E-state index contributed by atoms with van der Waals surface area (Å²) >= 11 is 1.66. The second-order valence-corrected chi connectivity index (χ2v) is 14.3. The van der Waals surface area contributed by atoms with Crippen molar-refractivity contribution in [3.8, 4) is 0 Å². The Balaban J connectivity index is 1.54. The van der Waals surface area contributed by atoms with Crippen LogP contribution in [0.5, 0.6) is 0 Å². The molecule has 0 radical (unpaired) electrons. The summed E-state index contributed by atoms with van der Waals surface area (Å²) in [5.74, 6) is 0.606. The van der Waals surface area contributed by atoms with Gasteiger partial charge in [-0.2, -0.15) is 4.31 Å². The predicted octanol–water partition coefficient (Wildman–Crippen LogP) is 7.23. The Kier molecular flexibility index (Phi) is 8.70. The number of nitrogens with zero attached hydrogens (tertiary/aromatic N) is 3. The van der Waals surface area contributed by atoms with E-state index in [-0.39, 0.29) is 11.8 Å². The van der Waals surface area contributed by atoms with Gasteiger partial charge in [0.15, 0.2) is 5.13 Å². The first kappa shape index (κ1) is 28.8. The molecule has 0 N–H and O–H groups in total. The Hall–Kier alpha value is -2.22. The molecule has 1 saturated heterocycles. The lowest BCUT2D eigenvalue weighted by Crippen LogP contribution is -2.49. The van der Waals surface area contributed by atoms with Crippen LogP contribution in [0.25, 0.3) is 0 Å². The molecule has 5 nitrogen and oxygen atoms in total. The highest BCUT2D eigenvalue weighted by Crippen LogP contribution is 2.37. The van der Waals surface area contributed by atoms with Gasteiger partial charge in [-0.1, -0.05) is 71.9 Å². The molecule has 4 rings (SSSR count). The van der Waals surface area contributed by atoms with Gasteiger partial charge in [-0.05, 0) is 65.0 Å². The lowest BCUT2D eigenvalue weighted by molar-refractivity contribution is 0.383. The van der Waals surface area contributed by atoms with Crippen molar-refractivity contribution in [1.82, 2.24) is 9.29 Å². The van der Waals surface area contributed by atoms with Gasteiger partial charge in [0.1, 0.15) is 0 Å². The normalized spacial score (nSPS) is 15.3. The van der Waals surface area contributed by atoms with E-state index in [0.29, 0.717) is 37.0 Å². The zero-order valence-corrected chi connectivity index (χ0v) is 25.8. The lowest BCUT2D eigenvalue weighted by Gasteiger charge is -2.35. The average Bonchev–Trinajstić information content (AvgIpc) is 3.34. The summed E-state index contributed by atoms with van der Waals surface area (Å²) in [7, 11) is -3.62. The summed E-state index contributed by atoms with van der Waals surface area (Å²) in [6.07, 6.45) is 0.825. The van der Waals surface area contributed by atoms with Gasteiger partial charge < -0.3 is 4.90 Å². The Morgan fingerprint density at radius 3 is 1.92 bits per heavy atom. The van der Waals surface area contributed by atoms with Crippen molar-refractivity contribution in [2.75, 3.05) is 31.1 Å². The highest BCUT2D eigenvalue weighted by atomic mass is 32.2. The number of thiazole rings is 1. The van der Waals surface area contributed by atoms with Crippen LogP contribution in [0.1, 0.15) is 98.4 Å². The van der Waals surface area contributed by atoms with Crippen LogP contribution in [-0.4, -0.2) is 43.9 Å². The van der Waals surface area contributed by atoms with E-state index >= 15 is 0 Å². The molecule has 0 spiro atoms. The third-order valence-corrected chi connectivity index (χ3v) is 10.7. The van der Waals surface area contributed by atoms with Gasteiger partial charge >= 0.3 is 0 Å². The first-order valence-electron chi connectivity index (χ1n) is 13.8. The minimum absolute atomic E-state index is 0.128. The van der Waals surface area contributed by atoms with Crippen molar-refractivity contribution < 1.29 is 8.42 Å². The van der Waals surface area contributed by atoms with E-state index in [1.807, 2.05) is 0 Å². The first-order chi connectivity index (χ1) is 17.9. The minimum Gasteiger partial charge on any atom is -0.345 e. The van der Waals surface area contributed by atoms with Gasteiger partial charge in [0, 0.05) is 38.0 Å². The number of rotatable bonds is 8. The smallest absolute Gasteiger partial charge is 0.243 e. The molecular weight excluding hydrogens is 510 g/mol. The quantitative estimate of drug-likeness (QED) is 0.295. The summed E-state index contributed by atoms with van der Waals surface area (Å²) in [5.41, 5.74) is 8.09. The molecule has 0 saturated carbocycles. The number of sulfonamides is 1. The van der Waals surface area contributed by atoms with E-state index in [9.17, 15) is 8.42 Å². The van der Waals surface area contributed by atoms with E-state index in [1.165, 1.54) is 22.3 Å². The van der Waals surface area contributed by atoms with Crippen LogP contribution in [-0.2, 0) is 16.4 Å². The van der Waals surface area contributed by atoms with Gasteiger partial charge in [0.25, 0.3) is 0 Å². The van der Waals surface area contributed by atoms with E-state index in [2.05, 4.69) is 96.0 Å². The molecule has 0 bridgehead atoms. The lowest BCUT2D eigenvalue weighted by atomic mass is 9.89. The molecule has 7 heteroatoms. The highest BCUT2D eigenvalue weighted by molar-refractivity contribution is 7.89. The summed E-state index contributed by atoms with van der Waals surface area (Å²) in [4.78, 5) is 7.70. The Labute approximate surface area is 234 Å². The largest absolute Gasteiger partial charge is 0.345 e. The van der Waals surface area contributed by atoms with E-state index < -0.39 is 10.0 Å². The number of hydrogen-bond acceptors (Lipinski definition) is 5.